The molecule has 20 heavy (non-hydrogen) atoms. The summed E-state index contributed by atoms with van der Waals surface area (Å²) in [6.45, 7) is 2.01. The smallest absolute Gasteiger partial charge is 0.184 e. The van der Waals surface area contributed by atoms with Crippen LogP contribution in [-0.2, 0) is 10.8 Å². The molecule has 3 rings (SSSR count). The number of aromatic nitrogens is 4. The maximum absolute atomic E-state index is 11.5. The first-order chi connectivity index (χ1) is 9.65. The molecule has 1 aliphatic rings. The van der Waals surface area contributed by atoms with Crippen LogP contribution in [0, 0.1) is 6.92 Å². The molecule has 106 valence electrons. The molecule has 0 amide bonds. The molecule has 1 aliphatic heterocycles. The van der Waals surface area contributed by atoms with E-state index in [0.29, 0.717) is 23.0 Å². The zero-order valence-corrected chi connectivity index (χ0v) is 12.1. The Morgan fingerprint density at radius 3 is 2.85 bits per heavy atom. The normalized spacial score (nSPS) is 22.9. The van der Waals surface area contributed by atoms with E-state index in [1.54, 1.807) is 0 Å². The van der Waals surface area contributed by atoms with Crippen LogP contribution in [0.2, 0.25) is 0 Å². The minimum atomic E-state index is -0.688. The highest BCUT2D eigenvalue weighted by Crippen LogP contribution is 2.29. The van der Waals surface area contributed by atoms with Crippen molar-refractivity contribution in [1.29, 1.82) is 0 Å². The van der Waals surface area contributed by atoms with Crippen LogP contribution in [0.4, 0.5) is 5.69 Å². The molecule has 0 saturated carbocycles. The summed E-state index contributed by atoms with van der Waals surface area (Å²) in [5.74, 6) is 2.13. The number of hydrogen-bond acceptors (Lipinski definition) is 5. The van der Waals surface area contributed by atoms with Crippen LogP contribution in [0.15, 0.2) is 18.2 Å². The average molecular weight is 291 g/mol. The third-order valence-electron chi connectivity index (χ3n) is 3.65. The fourth-order valence-electron chi connectivity index (χ4n) is 2.51. The summed E-state index contributed by atoms with van der Waals surface area (Å²) < 4.78 is 13.3. The van der Waals surface area contributed by atoms with Gasteiger partial charge in [0.1, 0.15) is 0 Å². The molecule has 0 radical (unpaired) electrons. The van der Waals surface area contributed by atoms with Gasteiger partial charge in [0.2, 0.25) is 0 Å². The van der Waals surface area contributed by atoms with E-state index in [2.05, 4.69) is 15.5 Å². The summed E-state index contributed by atoms with van der Waals surface area (Å²) >= 11 is 0. The van der Waals surface area contributed by atoms with Crippen molar-refractivity contribution in [1.82, 2.24) is 20.2 Å². The van der Waals surface area contributed by atoms with E-state index in [1.807, 2.05) is 29.8 Å². The minimum absolute atomic E-state index is 0.206. The Hall–Kier alpha value is -1.76. The number of anilines is 1. The zero-order chi connectivity index (χ0) is 14.1. The van der Waals surface area contributed by atoms with Crippen LogP contribution in [0.3, 0.4) is 0 Å². The lowest BCUT2D eigenvalue weighted by molar-refractivity contribution is 0.415. The highest BCUT2D eigenvalue weighted by Gasteiger charge is 2.24. The van der Waals surface area contributed by atoms with Gasteiger partial charge in [-0.15, -0.1) is 5.10 Å². The zero-order valence-electron chi connectivity index (χ0n) is 11.3. The molecule has 0 spiro atoms. The van der Waals surface area contributed by atoms with E-state index >= 15 is 0 Å². The second-order valence-electron chi connectivity index (χ2n) is 5.12. The van der Waals surface area contributed by atoms with Gasteiger partial charge in [-0.2, -0.15) is 0 Å². The molecule has 2 aromatic rings. The minimum Gasteiger partial charge on any atom is -0.398 e. The molecular weight excluding hydrogens is 274 g/mol. The number of nitrogens with two attached hydrogens (primary N) is 1. The Morgan fingerprint density at radius 2 is 2.10 bits per heavy atom. The third-order valence-corrected chi connectivity index (χ3v) is 5.03. The van der Waals surface area contributed by atoms with Gasteiger partial charge in [-0.3, -0.25) is 4.21 Å². The summed E-state index contributed by atoms with van der Waals surface area (Å²) in [6, 6.07) is 6.05. The van der Waals surface area contributed by atoms with E-state index in [0.717, 1.165) is 24.0 Å². The lowest BCUT2D eigenvalue weighted by Crippen LogP contribution is -2.23. The lowest BCUT2D eigenvalue weighted by atomic mass is 10.1. The Morgan fingerprint density at radius 1 is 1.35 bits per heavy atom. The second-order valence-corrected chi connectivity index (χ2v) is 6.81. The summed E-state index contributed by atoms with van der Waals surface area (Å²) in [6.07, 6.45) is 1.69. The van der Waals surface area contributed by atoms with Crippen molar-refractivity contribution in [3.8, 4) is 11.4 Å². The SMILES string of the molecule is Cc1ccc(N)c(-c2nnnn2C2CCS(=O)CC2)c1. The van der Waals surface area contributed by atoms with Crippen molar-refractivity contribution in [2.24, 2.45) is 0 Å². The van der Waals surface area contributed by atoms with Gasteiger partial charge >= 0.3 is 0 Å². The van der Waals surface area contributed by atoms with Crippen molar-refractivity contribution in [2.45, 2.75) is 25.8 Å². The second kappa shape index (κ2) is 5.32. The molecule has 1 aromatic carbocycles. The largest absolute Gasteiger partial charge is 0.398 e. The van der Waals surface area contributed by atoms with Gasteiger partial charge < -0.3 is 5.73 Å². The maximum Gasteiger partial charge on any atom is 0.184 e. The predicted octanol–water partition coefficient (Wildman–Crippen LogP) is 1.31. The Bertz CT molecular complexity index is 644. The monoisotopic (exact) mass is 291 g/mol. The van der Waals surface area contributed by atoms with Crippen LogP contribution < -0.4 is 5.73 Å². The molecular formula is C13H17N5OS. The maximum atomic E-state index is 11.5. The van der Waals surface area contributed by atoms with Gasteiger partial charge in [-0.1, -0.05) is 11.6 Å². The molecule has 2 N–H and O–H groups in total. The molecule has 0 aliphatic carbocycles. The van der Waals surface area contributed by atoms with Crippen LogP contribution >= 0.6 is 0 Å². The van der Waals surface area contributed by atoms with Crippen molar-refractivity contribution < 1.29 is 4.21 Å². The van der Waals surface area contributed by atoms with E-state index in [9.17, 15) is 4.21 Å². The van der Waals surface area contributed by atoms with Crippen LogP contribution in [0.5, 0.6) is 0 Å². The topological polar surface area (TPSA) is 86.7 Å². The van der Waals surface area contributed by atoms with Crippen molar-refractivity contribution in [3.05, 3.63) is 23.8 Å². The molecule has 0 bridgehead atoms. The van der Waals surface area contributed by atoms with E-state index in [1.165, 1.54) is 0 Å². The fraction of sp³-hybridized carbons (Fsp3) is 0.462. The first kappa shape index (κ1) is 13.2. The summed E-state index contributed by atoms with van der Waals surface area (Å²) in [7, 11) is -0.688. The van der Waals surface area contributed by atoms with Gasteiger partial charge in [0, 0.05) is 33.6 Å². The Labute approximate surface area is 119 Å². The number of aryl methyl sites for hydroxylation is 1. The van der Waals surface area contributed by atoms with Crippen molar-refractivity contribution in [3.63, 3.8) is 0 Å². The number of hydrogen-bond donors (Lipinski definition) is 1. The molecule has 0 atom stereocenters. The van der Waals surface area contributed by atoms with Gasteiger partial charge in [0.15, 0.2) is 5.82 Å². The van der Waals surface area contributed by atoms with Gasteiger partial charge in [-0.25, -0.2) is 4.68 Å². The summed E-state index contributed by atoms with van der Waals surface area (Å²) in [4.78, 5) is 0. The molecule has 2 heterocycles. The van der Waals surface area contributed by atoms with E-state index < -0.39 is 10.8 Å². The van der Waals surface area contributed by atoms with Gasteiger partial charge in [0.05, 0.1) is 6.04 Å². The molecule has 1 saturated heterocycles. The first-order valence-electron chi connectivity index (χ1n) is 6.64. The van der Waals surface area contributed by atoms with Gasteiger partial charge in [-0.05, 0) is 42.3 Å². The summed E-state index contributed by atoms with van der Waals surface area (Å²) in [5.41, 5.74) is 8.70. The third kappa shape index (κ3) is 2.45. The molecule has 7 heteroatoms. The lowest BCUT2D eigenvalue weighted by Gasteiger charge is -2.22. The predicted molar refractivity (Wildman–Crippen MR) is 78.5 cm³/mol. The Kier molecular flexibility index (Phi) is 3.52. The van der Waals surface area contributed by atoms with Crippen LogP contribution in [-0.4, -0.2) is 35.9 Å². The number of benzene rings is 1. The molecule has 0 unspecified atom stereocenters. The van der Waals surface area contributed by atoms with E-state index in [4.69, 9.17) is 5.73 Å². The van der Waals surface area contributed by atoms with Crippen LogP contribution in [0.1, 0.15) is 24.4 Å². The van der Waals surface area contributed by atoms with Crippen molar-refractivity contribution >= 4 is 16.5 Å². The standard InChI is InChI=1S/C13H17N5OS/c1-9-2-3-12(14)11(8-9)13-15-16-17-18(13)10-4-6-20(19)7-5-10/h2-3,8,10H,4-7,14H2,1H3. The highest BCUT2D eigenvalue weighted by molar-refractivity contribution is 7.85. The number of nitrogens with zero attached hydrogens (tertiary/aromatic N) is 4. The highest BCUT2D eigenvalue weighted by atomic mass is 32.2. The van der Waals surface area contributed by atoms with E-state index in [-0.39, 0.29) is 6.04 Å². The number of tetrazole rings is 1. The first-order valence-corrected chi connectivity index (χ1v) is 8.13. The Balaban J connectivity index is 1.97. The summed E-state index contributed by atoms with van der Waals surface area (Å²) in [5, 5.41) is 12.0. The number of nitrogen functional groups attached to an aromatic ring is 1. The fourth-order valence-corrected chi connectivity index (χ4v) is 3.78. The quantitative estimate of drug-likeness (QED) is 0.843. The number of rotatable bonds is 2. The average Bonchev–Trinajstić information content (AvgIpc) is 2.91. The molecule has 6 nitrogen and oxygen atoms in total. The molecule has 1 fully saturated rings. The van der Waals surface area contributed by atoms with Crippen molar-refractivity contribution in [2.75, 3.05) is 17.2 Å². The molecule has 1 aromatic heterocycles. The van der Waals surface area contributed by atoms with Crippen LogP contribution in [0.25, 0.3) is 11.4 Å². The van der Waals surface area contributed by atoms with Gasteiger partial charge in [0.25, 0.3) is 0 Å².